The van der Waals surface area contributed by atoms with Crippen LogP contribution in [-0.4, -0.2) is 23.5 Å². The van der Waals surface area contributed by atoms with Gasteiger partial charge in [0.15, 0.2) is 17.3 Å². The number of rotatable bonds is 3. The van der Waals surface area contributed by atoms with Crippen LogP contribution in [0.2, 0.25) is 0 Å². The first-order valence-corrected chi connectivity index (χ1v) is 13.6. The second-order valence-corrected chi connectivity index (χ2v) is 11.7. The van der Waals surface area contributed by atoms with E-state index in [-0.39, 0.29) is 53.8 Å². The SMILES string of the molecule is Cc1ccc(/C(O)=C2\C(=N)N(c3ccccc3C(F)(F)F)C3=C(C(=O)CC(C)(C)C3)[C@H]2c2ccc3c(c2)OCO3)cc1. The highest BCUT2D eigenvalue weighted by molar-refractivity contribution is 6.20. The van der Waals surface area contributed by atoms with Gasteiger partial charge >= 0.3 is 6.18 Å². The molecule has 2 heterocycles. The summed E-state index contributed by atoms with van der Waals surface area (Å²) in [5, 5.41) is 21.3. The maximum absolute atomic E-state index is 14.3. The van der Waals surface area contributed by atoms with Gasteiger partial charge in [-0.15, -0.1) is 0 Å². The molecule has 3 aromatic rings. The Morgan fingerprint density at radius 1 is 1.00 bits per heavy atom. The molecule has 3 aliphatic rings. The Morgan fingerprint density at radius 2 is 1.69 bits per heavy atom. The summed E-state index contributed by atoms with van der Waals surface area (Å²) in [5.41, 5.74) is 0.709. The maximum Gasteiger partial charge on any atom is 0.418 e. The number of benzene rings is 3. The number of fused-ring (bicyclic) bond motifs is 1. The number of amidine groups is 1. The summed E-state index contributed by atoms with van der Waals surface area (Å²) in [5.74, 6) is -0.841. The van der Waals surface area contributed by atoms with Crippen LogP contribution in [0.4, 0.5) is 18.9 Å². The molecule has 0 saturated heterocycles. The highest BCUT2D eigenvalue weighted by atomic mass is 19.4. The van der Waals surface area contributed by atoms with Crippen molar-refractivity contribution in [1.82, 2.24) is 0 Å². The van der Waals surface area contributed by atoms with Gasteiger partial charge in [0.2, 0.25) is 6.79 Å². The molecule has 0 spiro atoms. The van der Waals surface area contributed by atoms with Gasteiger partial charge < -0.3 is 14.6 Å². The van der Waals surface area contributed by atoms with Crippen LogP contribution < -0.4 is 14.4 Å². The normalized spacial score (nSPS) is 21.0. The first kappa shape index (κ1) is 27.6. The van der Waals surface area contributed by atoms with Crippen molar-refractivity contribution < 1.29 is 32.5 Å². The number of hydrogen-bond donors (Lipinski definition) is 2. The van der Waals surface area contributed by atoms with E-state index in [1.807, 2.05) is 20.8 Å². The van der Waals surface area contributed by atoms with Crippen LogP contribution in [0.15, 0.2) is 83.6 Å². The molecule has 0 bridgehead atoms. The molecule has 0 amide bonds. The van der Waals surface area contributed by atoms with Crippen molar-refractivity contribution in [1.29, 1.82) is 5.41 Å². The minimum Gasteiger partial charge on any atom is -0.507 e. The zero-order chi connectivity index (χ0) is 30.0. The first-order valence-electron chi connectivity index (χ1n) is 13.6. The summed E-state index contributed by atoms with van der Waals surface area (Å²) in [6.45, 7) is 5.69. The molecule has 216 valence electrons. The maximum atomic E-state index is 14.3. The van der Waals surface area contributed by atoms with Gasteiger partial charge in [-0.05, 0) is 48.6 Å². The van der Waals surface area contributed by atoms with E-state index >= 15 is 0 Å². The molecule has 9 heteroatoms. The van der Waals surface area contributed by atoms with Crippen LogP contribution in [0.5, 0.6) is 11.5 Å². The van der Waals surface area contributed by atoms with Gasteiger partial charge in [0.1, 0.15) is 11.6 Å². The van der Waals surface area contributed by atoms with Crippen LogP contribution in [0.1, 0.15) is 54.9 Å². The molecule has 1 aliphatic carbocycles. The molecule has 2 aliphatic heterocycles. The van der Waals surface area contributed by atoms with Crippen molar-refractivity contribution in [3.63, 3.8) is 0 Å². The lowest BCUT2D eigenvalue weighted by molar-refractivity contribution is -0.137. The van der Waals surface area contributed by atoms with E-state index in [1.54, 1.807) is 42.5 Å². The van der Waals surface area contributed by atoms with Crippen molar-refractivity contribution in [3.05, 3.63) is 106 Å². The van der Waals surface area contributed by atoms with Crippen molar-refractivity contribution in [2.75, 3.05) is 11.7 Å². The predicted molar refractivity (Wildman–Crippen MR) is 153 cm³/mol. The number of aliphatic hydroxyl groups is 1. The highest BCUT2D eigenvalue weighted by Crippen LogP contribution is 2.53. The second kappa shape index (κ2) is 9.79. The largest absolute Gasteiger partial charge is 0.507 e. The van der Waals surface area contributed by atoms with E-state index in [0.29, 0.717) is 28.3 Å². The second-order valence-electron chi connectivity index (χ2n) is 11.7. The number of allylic oxidation sites excluding steroid dienone is 2. The Kier molecular flexibility index (Phi) is 6.44. The molecule has 0 radical (unpaired) electrons. The Morgan fingerprint density at radius 3 is 2.40 bits per heavy atom. The quantitative estimate of drug-likeness (QED) is 0.311. The number of hydrogen-bond acceptors (Lipinski definition) is 5. The summed E-state index contributed by atoms with van der Waals surface area (Å²) in [6.07, 6.45) is -4.31. The Bertz CT molecular complexity index is 1690. The number of alkyl halides is 3. The fraction of sp³-hybridized carbons (Fsp3) is 0.273. The van der Waals surface area contributed by atoms with Gasteiger partial charge in [-0.25, -0.2) is 0 Å². The van der Waals surface area contributed by atoms with E-state index in [9.17, 15) is 28.5 Å². The average Bonchev–Trinajstić information content (AvgIpc) is 3.39. The lowest BCUT2D eigenvalue weighted by atomic mass is 9.67. The zero-order valence-electron chi connectivity index (χ0n) is 23.3. The van der Waals surface area contributed by atoms with Crippen LogP contribution in [0, 0.1) is 17.7 Å². The number of nitrogens with zero attached hydrogens (tertiary/aromatic N) is 1. The fourth-order valence-electron chi connectivity index (χ4n) is 6.08. The molecule has 0 unspecified atom stereocenters. The summed E-state index contributed by atoms with van der Waals surface area (Å²) in [6, 6.07) is 17.1. The van der Waals surface area contributed by atoms with E-state index in [2.05, 4.69) is 0 Å². The van der Waals surface area contributed by atoms with E-state index in [4.69, 9.17) is 9.47 Å². The van der Waals surface area contributed by atoms with E-state index in [1.165, 1.54) is 23.1 Å². The number of Topliss-reactive ketones (excluding diaryl/α,β-unsaturated/α-hetero) is 1. The highest BCUT2D eigenvalue weighted by Gasteiger charge is 2.48. The van der Waals surface area contributed by atoms with Gasteiger partial charge in [0.05, 0.1) is 11.3 Å². The number of para-hydroxylation sites is 1. The van der Waals surface area contributed by atoms with Gasteiger partial charge in [0.25, 0.3) is 0 Å². The molecule has 2 N–H and O–H groups in total. The minimum atomic E-state index is -4.72. The Balaban J connectivity index is 1.69. The molecule has 6 nitrogen and oxygen atoms in total. The van der Waals surface area contributed by atoms with Crippen LogP contribution in [0.3, 0.4) is 0 Å². The molecular weight excluding hydrogens is 545 g/mol. The van der Waals surface area contributed by atoms with E-state index in [0.717, 1.165) is 11.6 Å². The fourth-order valence-corrected chi connectivity index (χ4v) is 6.08. The van der Waals surface area contributed by atoms with Gasteiger partial charge in [-0.1, -0.05) is 61.9 Å². The Hall–Kier alpha value is -4.53. The minimum absolute atomic E-state index is 0.0274. The Labute approximate surface area is 241 Å². The number of ketones is 1. The number of aryl methyl sites for hydroxylation is 1. The van der Waals surface area contributed by atoms with Crippen molar-refractivity contribution >= 4 is 23.1 Å². The smallest absolute Gasteiger partial charge is 0.418 e. The first-order chi connectivity index (χ1) is 19.9. The number of halogens is 3. The third-order valence-corrected chi connectivity index (χ3v) is 7.98. The average molecular weight is 575 g/mol. The zero-order valence-corrected chi connectivity index (χ0v) is 23.3. The number of anilines is 1. The number of carbonyl (C=O) groups excluding carboxylic acids is 1. The molecular formula is C33H29F3N2O4. The third kappa shape index (κ3) is 4.62. The summed E-state index contributed by atoms with van der Waals surface area (Å²) >= 11 is 0. The number of aliphatic hydroxyl groups excluding tert-OH is 1. The van der Waals surface area contributed by atoms with Crippen LogP contribution in [-0.2, 0) is 11.0 Å². The molecule has 3 aromatic carbocycles. The third-order valence-electron chi connectivity index (χ3n) is 7.98. The molecule has 0 aromatic heterocycles. The van der Waals surface area contributed by atoms with Gasteiger partial charge in [-0.3, -0.25) is 15.1 Å². The summed E-state index contributed by atoms with van der Waals surface area (Å²) in [4.78, 5) is 15.2. The number of nitrogens with one attached hydrogen (secondary N) is 1. The predicted octanol–water partition coefficient (Wildman–Crippen LogP) is 7.94. The summed E-state index contributed by atoms with van der Waals surface area (Å²) in [7, 11) is 0. The molecule has 1 atom stereocenters. The van der Waals surface area contributed by atoms with E-state index < -0.39 is 23.1 Å². The standard InChI is InChI=1S/C33H29F3N2O4/c1-18-8-10-19(11-9-18)30(40)29-27(20-12-13-25-26(14-20)42-17-41-25)28-23(15-32(2,3)16-24(28)39)38(31(29)37)22-7-5-4-6-21(22)33(34,35)36/h4-14,27,37,40H,15-17H2,1-3H3/b30-29+,37-31?/t27-/m1/s1. The number of ether oxygens (including phenoxy) is 2. The van der Waals surface area contributed by atoms with Gasteiger partial charge in [0, 0.05) is 34.7 Å². The monoisotopic (exact) mass is 574 g/mol. The topological polar surface area (TPSA) is 82.9 Å². The van der Waals surface area contributed by atoms with Crippen molar-refractivity contribution in [2.45, 2.75) is 45.7 Å². The van der Waals surface area contributed by atoms with Gasteiger partial charge in [-0.2, -0.15) is 13.2 Å². The molecule has 0 saturated carbocycles. The lowest BCUT2D eigenvalue weighted by Crippen LogP contribution is -2.45. The van der Waals surface area contributed by atoms with Crippen molar-refractivity contribution in [2.24, 2.45) is 5.41 Å². The molecule has 6 rings (SSSR count). The molecule has 42 heavy (non-hydrogen) atoms. The number of carbonyl (C=O) groups is 1. The van der Waals surface area contributed by atoms with Crippen molar-refractivity contribution in [3.8, 4) is 11.5 Å². The van der Waals surface area contributed by atoms with Crippen LogP contribution >= 0.6 is 0 Å². The lowest BCUT2D eigenvalue weighted by Gasteiger charge is -2.45. The van der Waals surface area contributed by atoms with Crippen LogP contribution in [0.25, 0.3) is 5.76 Å². The molecule has 0 fully saturated rings. The summed E-state index contributed by atoms with van der Waals surface area (Å²) < 4.78 is 54.1.